The van der Waals surface area contributed by atoms with Crippen molar-refractivity contribution in [3.63, 3.8) is 0 Å². The molecule has 0 saturated heterocycles. The minimum atomic E-state index is -2.25. The fourth-order valence-corrected chi connectivity index (χ4v) is 3.08. The van der Waals surface area contributed by atoms with Crippen molar-refractivity contribution in [1.82, 2.24) is 15.3 Å². The van der Waals surface area contributed by atoms with Gasteiger partial charge in [-0.2, -0.15) is 5.06 Å². The smallest absolute Gasteiger partial charge is 0.266 e. The molecule has 8 heteroatoms. The van der Waals surface area contributed by atoms with Crippen molar-refractivity contribution in [2.45, 2.75) is 13.3 Å². The van der Waals surface area contributed by atoms with E-state index in [-0.39, 0.29) is 12.4 Å². The lowest BCUT2D eigenvalue weighted by atomic mass is 10.4. The molecule has 1 aliphatic heterocycles. The zero-order valence-corrected chi connectivity index (χ0v) is 13.1. The Morgan fingerprint density at radius 2 is 2.25 bits per heavy atom. The lowest BCUT2D eigenvalue weighted by Gasteiger charge is -2.25. The van der Waals surface area contributed by atoms with Gasteiger partial charge in [0.1, 0.15) is 0 Å². The number of hydrogen-bond donors (Lipinski definition) is 2. The molecule has 0 bridgehead atoms. The van der Waals surface area contributed by atoms with Crippen molar-refractivity contribution < 1.29 is 14.6 Å². The van der Waals surface area contributed by atoms with Gasteiger partial charge in [0.15, 0.2) is 5.82 Å². The Hall–Kier alpha value is -1.17. The number of aliphatic imine (C=N–C) groups is 1. The molecule has 0 atom stereocenters. The average Bonchev–Trinajstić information content (AvgIpc) is 2.37. The Kier molecular flexibility index (Phi) is 6.39. The highest BCUT2D eigenvalue weighted by molar-refractivity contribution is 7.62. The summed E-state index contributed by atoms with van der Waals surface area (Å²) in [5.41, 5.74) is 0. The molecule has 0 unspecified atom stereocenters. The van der Waals surface area contributed by atoms with Gasteiger partial charge in [0, 0.05) is 12.4 Å². The van der Waals surface area contributed by atoms with Crippen LogP contribution >= 0.6 is 7.14 Å². The molecule has 2 N–H and O–H groups in total. The van der Waals surface area contributed by atoms with Gasteiger partial charge in [-0.25, -0.2) is 4.99 Å². The number of carbonyl (C=O) groups is 1. The van der Waals surface area contributed by atoms with Crippen molar-refractivity contribution in [2.24, 2.45) is 4.99 Å². The number of rotatable bonds is 7. The molecule has 0 aromatic heterocycles. The summed E-state index contributed by atoms with van der Waals surface area (Å²) >= 11 is 0. The van der Waals surface area contributed by atoms with Crippen LogP contribution < -0.4 is 5.32 Å². The van der Waals surface area contributed by atoms with Crippen LogP contribution in [0.25, 0.3) is 0 Å². The molecule has 0 spiro atoms. The summed E-state index contributed by atoms with van der Waals surface area (Å²) in [5, 5.41) is 13.2. The largest absolute Gasteiger partial charge is 0.383 e. The molecule has 1 amide bonds. The van der Waals surface area contributed by atoms with Gasteiger partial charge in [-0.15, -0.1) is 0 Å². The number of hydrogen-bond acceptors (Lipinski definition) is 6. The maximum Gasteiger partial charge on any atom is 0.266 e. The second kappa shape index (κ2) is 7.57. The first-order chi connectivity index (χ1) is 9.33. The summed E-state index contributed by atoms with van der Waals surface area (Å²) in [7, 11) is -2.25. The first-order valence-corrected chi connectivity index (χ1v) is 9.36. The van der Waals surface area contributed by atoms with Gasteiger partial charge in [-0.1, -0.05) is 6.92 Å². The molecule has 0 aromatic carbocycles. The van der Waals surface area contributed by atoms with E-state index in [2.05, 4.69) is 10.3 Å². The summed E-state index contributed by atoms with van der Waals surface area (Å²) in [6.07, 6.45) is 4.26. The first-order valence-electron chi connectivity index (χ1n) is 6.57. The lowest BCUT2D eigenvalue weighted by Crippen LogP contribution is -2.39. The molecule has 20 heavy (non-hydrogen) atoms. The SMILES string of the molecule is CCCN(CC(=O)N(O)C1=CNCC=N1)CP(C)(C)=O. The maximum absolute atomic E-state index is 12.0. The van der Waals surface area contributed by atoms with Gasteiger partial charge < -0.3 is 9.88 Å². The molecule has 0 fully saturated rings. The van der Waals surface area contributed by atoms with E-state index >= 15 is 0 Å². The molecule has 0 saturated carbocycles. The summed E-state index contributed by atoms with van der Waals surface area (Å²) in [6.45, 7) is 6.61. The molecular weight excluding hydrogens is 279 g/mol. The third-order valence-electron chi connectivity index (χ3n) is 2.56. The van der Waals surface area contributed by atoms with E-state index < -0.39 is 13.0 Å². The van der Waals surface area contributed by atoms with Crippen LogP contribution in [0, 0.1) is 0 Å². The number of nitrogens with one attached hydrogen (secondary N) is 1. The highest BCUT2D eigenvalue weighted by Gasteiger charge is 2.22. The average molecular weight is 302 g/mol. The number of nitrogens with zero attached hydrogens (tertiary/aromatic N) is 3. The van der Waals surface area contributed by atoms with Gasteiger partial charge in [0.25, 0.3) is 5.91 Å². The van der Waals surface area contributed by atoms with Crippen LogP contribution in [0.1, 0.15) is 13.3 Å². The Labute approximate surface area is 119 Å². The number of hydroxylamine groups is 2. The maximum atomic E-state index is 12.0. The van der Waals surface area contributed by atoms with Crippen molar-refractivity contribution >= 4 is 19.3 Å². The standard InChI is InChI=1S/C12H23N4O3P/c1-4-7-15(10-20(2,3)19)9-12(17)16(18)11-8-13-5-6-14-11/h6,8,13,18H,4-5,7,9-10H2,1-3H3. The zero-order chi connectivity index (χ0) is 15.2. The molecule has 0 aliphatic carbocycles. The fraction of sp³-hybridized carbons (Fsp3) is 0.667. The lowest BCUT2D eigenvalue weighted by molar-refractivity contribution is -0.158. The van der Waals surface area contributed by atoms with Gasteiger partial charge in [0.2, 0.25) is 0 Å². The predicted octanol–water partition coefficient (Wildman–Crippen LogP) is 0.969. The molecule has 1 aliphatic rings. The van der Waals surface area contributed by atoms with E-state index in [9.17, 15) is 14.6 Å². The van der Waals surface area contributed by atoms with Crippen molar-refractivity contribution in [3.8, 4) is 0 Å². The normalized spacial score (nSPS) is 14.9. The highest BCUT2D eigenvalue weighted by atomic mass is 31.2. The summed E-state index contributed by atoms with van der Waals surface area (Å²) in [5.74, 6) is -0.326. The quantitative estimate of drug-likeness (QED) is 0.416. The molecule has 7 nitrogen and oxygen atoms in total. The minimum absolute atomic E-state index is 0.0167. The van der Waals surface area contributed by atoms with Gasteiger partial charge >= 0.3 is 0 Å². The van der Waals surface area contributed by atoms with Crippen molar-refractivity contribution in [2.75, 3.05) is 39.2 Å². The molecular formula is C12H23N4O3P. The monoisotopic (exact) mass is 302 g/mol. The Morgan fingerprint density at radius 1 is 1.55 bits per heavy atom. The predicted molar refractivity (Wildman–Crippen MR) is 79.4 cm³/mol. The fourth-order valence-electron chi connectivity index (χ4n) is 1.88. The zero-order valence-electron chi connectivity index (χ0n) is 12.2. The molecule has 0 aromatic rings. The second-order valence-corrected chi connectivity index (χ2v) is 8.63. The van der Waals surface area contributed by atoms with Crippen LogP contribution in [0.5, 0.6) is 0 Å². The van der Waals surface area contributed by atoms with Crippen LogP contribution in [-0.2, 0) is 9.36 Å². The van der Waals surface area contributed by atoms with E-state index in [0.717, 1.165) is 6.42 Å². The third kappa shape index (κ3) is 5.86. The van der Waals surface area contributed by atoms with Gasteiger partial charge in [-0.05, 0) is 26.3 Å². The number of amides is 1. The van der Waals surface area contributed by atoms with Crippen LogP contribution in [0.15, 0.2) is 17.0 Å². The Balaban J connectivity index is 2.63. The van der Waals surface area contributed by atoms with E-state index in [1.54, 1.807) is 24.4 Å². The second-order valence-electron chi connectivity index (χ2n) is 5.20. The summed E-state index contributed by atoms with van der Waals surface area (Å²) in [4.78, 5) is 17.7. The molecule has 0 radical (unpaired) electrons. The van der Waals surface area contributed by atoms with Crippen LogP contribution in [0.3, 0.4) is 0 Å². The van der Waals surface area contributed by atoms with Crippen molar-refractivity contribution in [3.05, 3.63) is 12.0 Å². The summed E-state index contributed by atoms with van der Waals surface area (Å²) in [6, 6.07) is 0. The van der Waals surface area contributed by atoms with Gasteiger partial charge in [-0.3, -0.25) is 14.9 Å². The molecule has 1 heterocycles. The van der Waals surface area contributed by atoms with Crippen LogP contribution in [-0.4, -0.2) is 66.5 Å². The van der Waals surface area contributed by atoms with E-state index in [0.29, 0.717) is 24.4 Å². The van der Waals surface area contributed by atoms with Gasteiger partial charge in [0.05, 0.1) is 26.5 Å². The molecule has 1 rings (SSSR count). The third-order valence-corrected chi connectivity index (χ3v) is 3.64. The van der Waals surface area contributed by atoms with Crippen molar-refractivity contribution in [1.29, 1.82) is 0 Å². The minimum Gasteiger partial charge on any atom is -0.383 e. The van der Waals surface area contributed by atoms with Crippen LogP contribution in [0.4, 0.5) is 0 Å². The highest BCUT2D eigenvalue weighted by Crippen LogP contribution is 2.36. The number of carbonyl (C=O) groups excluding carboxylic acids is 1. The van der Waals surface area contributed by atoms with E-state index in [4.69, 9.17) is 0 Å². The molecule has 114 valence electrons. The van der Waals surface area contributed by atoms with Crippen LogP contribution in [0.2, 0.25) is 0 Å². The Morgan fingerprint density at radius 3 is 2.75 bits per heavy atom. The topological polar surface area (TPSA) is 85.2 Å². The first kappa shape index (κ1) is 16.9. The van der Waals surface area contributed by atoms with E-state index in [1.165, 1.54) is 6.20 Å². The van der Waals surface area contributed by atoms with E-state index in [1.807, 2.05) is 6.92 Å². The Bertz CT molecular complexity index is 444. The summed E-state index contributed by atoms with van der Waals surface area (Å²) < 4.78 is 11.9.